The Kier molecular flexibility index (Phi) is 4.44. The molecular weight excluding hydrogens is 242 g/mol. The van der Waals surface area contributed by atoms with Gasteiger partial charge in [0.1, 0.15) is 10.7 Å². The van der Waals surface area contributed by atoms with Crippen LogP contribution >= 0.6 is 0 Å². The van der Waals surface area contributed by atoms with Gasteiger partial charge in [-0.05, 0) is 19.1 Å². The normalized spacial score (nSPS) is 13.7. The quantitative estimate of drug-likeness (QED) is 0.785. The van der Waals surface area contributed by atoms with Crippen molar-refractivity contribution in [3.8, 4) is 0 Å². The summed E-state index contributed by atoms with van der Waals surface area (Å²) in [5.41, 5.74) is 0. The van der Waals surface area contributed by atoms with E-state index in [0.29, 0.717) is 5.82 Å². The van der Waals surface area contributed by atoms with E-state index in [1.54, 1.807) is 13.0 Å². The molecule has 0 saturated heterocycles. The molecule has 0 bridgehead atoms. The molecule has 6 nitrogen and oxygen atoms in total. The largest absolute Gasteiger partial charge is 0.394 e. The summed E-state index contributed by atoms with van der Waals surface area (Å²) in [6.45, 7) is 1.78. The van der Waals surface area contributed by atoms with Crippen LogP contribution in [0.2, 0.25) is 0 Å². The average Bonchev–Trinajstić information content (AvgIpc) is 2.29. The van der Waals surface area contributed by atoms with E-state index in [0.717, 1.165) is 4.31 Å². The van der Waals surface area contributed by atoms with Crippen molar-refractivity contribution in [1.82, 2.24) is 9.29 Å². The number of rotatable bonds is 5. The van der Waals surface area contributed by atoms with Crippen molar-refractivity contribution < 1.29 is 13.5 Å². The van der Waals surface area contributed by atoms with Gasteiger partial charge in [-0.1, -0.05) is 0 Å². The van der Waals surface area contributed by atoms with E-state index in [1.807, 2.05) is 0 Å². The highest BCUT2D eigenvalue weighted by Gasteiger charge is 2.17. The lowest BCUT2D eigenvalue weighted by Gasteiger charge is -2.13. The molecule has 0 amide bonds. The molecule has 1 aromatic heterocycles. The van der Waals surface area contributed by atoms with Crippen LogP contribution in [0.25, 0.3) is 0 Å². The minimum absolute atomic E-state index is 0.0145. The van der Waals surface area contributed by atoms with Gasteiger partial charge in [0.2, 0.25) is 10.0 Å². The first-order valence-corrected chi connectivity index (χ1v) is 6.58. The van der Waals surface area contributed by atoms with E-state index >= 15 is 0 Å². The van der Waals surface area contributed by atoms with Gasteiger partial charge < -0.3 is 10.4 Å². The van der Waals surface area contributed by atoms with Crippen LogP contribution < -0.4 is 5.32 Å². The number of nitrogens with one attached hydrogen (secondary N) is 1. The fourth-order valence-electron chi connectivity index (χ4n) is 1.13. The number of anilines is 1. The van der Waals surface area contributed by atoms with Crippen LogP contribution in [-0.2, 0) is 10.0 Å². The van der Waals surface area contributed by atoms with Gasteiger partial charge in [0.25, 0.3) is 0 Å². The summed E-state index contributed by atoms with van der Waals surface area (Å²) < 4.78 is 24.6. The Hall–Kier alpha value is -1.18. The molecule has 0 fully saturated rings. The van der Waals surface area contributed by atoms with E-state index in [-0.39, 0.29) is 17.5 Å². The molecular formula is C10H17N3O3S. The summed E-state index contributed by atoms with van der Waals surface area (Å²) in [6, 6.07) is 2.93. The molecule has 0 aromatic carbocycles. The van der Waals surface area contributed by atoms with Crippen LogP contribution in [-0.4, -0.2) is 49.6 Å². The fourth-order valence-corrected chi connectivity index (χ4v) is 1.97. The summed E-state index contributed by atoms with van der Waals surface area (Å²) in [6.07, 6.45) is 1.29. The van der Waals surface area contributed by atoms with Gasteiger partial charge in [-0.15, -0.1) is 0 Å². The Morgan fingerprint density at radius 1 is 1.47 bits per heavy atom. The van der Waals surface area contributed by atoms with Crippen molar-refractivity contribution >= 4 is 15.8 Å². The maximum absolute atomic E-state index is 11.7. The molecule has 7 heteroatoms. The molecule has 0 radical (unpaired) electrons. The van der Waals surface area contributed by atoms with Gasteiger partial charge in [0.05, 0.1) is 6.61 Å². The summed E-state index contributed by atoms with van der Waals surface area (Å²) in [5, 5.41) is 11.8. The van der Waals surface area contributed by atoms with E-state index in [9.17, 15) is 8.42 Å². The second-order valence-electron chi connectivity index (χ2n) is 3.89. The maximum atomic E-state index is 11.7. The highest BCUT2D eigenvalue weighted by molar-refractivity contribution is 7.89. The zero-order chi connectivity index (χ0) is 13.1. The molecule has 1 aromatic rings. The molecule has 1 rings (SSSR count). The molecule has 2 N–H and O–H groups in total. The van der Waals surface area contributed by atoms with Gasteiger partial charge in [-0.3, -0.25) is 0 Å². The zero-order valence-electron chi connectivity index (χ0n) is 10.1. The number of hydrogen-bond acceptors (Lipinski definition) is 5. The highest BCUT2D eigenvalue weighted by atomic mass is 32.2. The summed E-state index contributed by atoms with van der Waals surface area (Å²) in [4.78, 5) is 4.13. The molecule has 0 aliphatic rings. The molecule has 1 unspecified atom stereocenters. The number of sulfonamides is 1. The van der Waals surface area contributed by atoms with Crippen molar-refractivity contribution in [2.75, 3.05) is 26.0 Å². The van der Waals surface area contributed by atoms with Crippen molar-refractivity contribution in [3.63, 3.8) is 0 Å². The second kappa shape index (κ2) is 5.44. The van der Waals surface area contributed by atoms with E-state index in [2.05, 4.69) is 10.3 Å². The van der Waals surface area contributed by atoms with Crippen LogP contribution in [0.4, 0.5) is 5.82 Å². The van der Waals surface area contributed by atoms with Crippen molar-refractivity contribution in [2.24, 2.45) is 0 Å². The molecule has 96 valence electrons. The van der Waals surface area contributed by atoms with Crippen LogP contribution in [0.1, 0.15) is 6.92 Å². The Morgan fingerprint density at radius 2 is 2.12 bits per heavy atom. The first kappa shape index (κ1) is 13.9. The average molecular weight is 259 g/mol. The summed E-state index contributed by atoms with van der Waals surface area (Å²) >= 11 is 0. The van der Waals surface area contributed by atoms with Crippen molar-refractivity contribution in [2.45, 2.75) is 17.9 Å². The second-order valence-corrected chi connectivity index (χ2v) is 6.05. The topological polar surface area (TPSA) is 82.5 Å². The summed E-state index contributed by atoms with van der Waals surface area (Å²) in [5.74, 6) is 0.532. The smallest absolute Gasteiger partial charge is 0.244 e. The molecule has 0 saturated carbocycles. The minimum Gasteiger partial charge on any atom is -0.394 e. The predicted octanol–water partition coefficient (Wildman–Crippen LogP) is 0.125. The predicted molar refractivity (Wildman–Crippen MR) is 65.3 cm³/mol. The lowest BCUT2D eigenvalue weighted by molar-refractivity contribution is 0.281. The van der Waals surface area contributed by atoms with Gasteiger partial charge in [0, 0.05) is 26.3 Å². The monoisotopic (exact) mass is 259 g/mol. The standard InChI is InChI=1S/C10H17N3O3S/c1-8(7-14)12-10-5-4-9(6-11-10)17(15,16)13(2)3/h4-6,8,14H,7H2,1-3H3,(H,11,12). The van der Waals surface area contributed by atoms with Crippen LogP contribution in [0.3, 0.4) is 0 Å². The molecule has 0 spiro atoms. The third-order valence-electron chi connectivity index (χ3n) is 2.18. The summed E-state index contributed by atoms with van der Waals surface area (Å²) in [7, 11) is -0.499. The number of pyridine rings is 1. The van der Waals surface area contributed by atoms with Gasteiger partial charge in [0.15, 0.2) is 0 Å². The Labute approximate surface area is 101 Å². The molecule has 17 heavy (non-hydrogen) atoms. The molecule has 1 heterocycles. The first-order valence-electron chi connectivity index (χ1n) is 5.14. The minimum atomic E-state index is -3.43. The maximum Gasteiger partial charge on any atom is 0.244 e. The van der Waals surface area contributed by atoms with Gasteiger partial charge >= 0.3 is 0 Å². The zero-order valence-corrected chi connectivity index (χ0v) is 10.9. The van der Waals surface area contributed by atoms with E-state index in [4.69, 9.17) is 5.11 Å². The third kappa shape index (κ3) is 3.39. The van der Waals surface area contributed by atoms with Crippen molar-refractivity contribution in [1.29, 1.82) is 0 Å². The van der Waals surface area contributed by atoms with E-state index < -0.39 is 10.0 Å². The van der Waals surface area contributed by atoms with Gasteiger partial charge in [-0.25, -0.2) is 17.7 Å². The fraction of sp³-hybridized carbons (Fsp3) is 0.500. The van der Waals surface area contributed by atoms with Crippen LogP contribution in [0, 0.1) is 0 Å². The van der Waals surface area contributed by atoms with Crippen LogP contribution in [0.5, 0.6) is 0 Å². The Morgan fingerprint density at radius 3 is 2.53 bits per heavy atom. The lowest BCUT2D eigenvalue weighted by Crippen LogP contribution is -2.23. The molecule has 0 aliphatic carbocycles. The van der Waals surface area contributed by atoms with Gasteiger partial charge in [-0.2, -0.15) is 0 Å². The molecule has 1 atom stereocenters. The Balaban J connectivity index is 2.89. The molecule has 0 aliphatic heterocycles. The number of hydrogen-bond donors (Lipinski definition) is 2. The Bertz CT molecular complexity index is 456. The van der Waals surface area contributed by atoms with Crippen LogP contribution in [0.15, 0.2) is 23.2 Å². The first-order chi connectivity index (χ1) is 7.87. The highest BCUT2D eigenvalue weighted by Crippen LogP contribution is 2.14. The lowest BCUT2D eigenvalue weighted by atomic mass is 10.3. The van der Waals surface area contributed by atoms with Crippen molar-refractivity contribution in [3.05, 3.63) is 18.3 Å². The van der Waals surface area contributed by atoms with E-state index in [1.165, 1.54) is 26.4 Å². The third-order valence-corrected chi connectivity index (χ3v) is 3.98. The SMILES string of the molecule is CC(CO)Nc1ccc(S(=O)(=O)N(C)C)cn1. The number of aliphatic hydroxyl groups excluding tert-OH is 1. The number of nitrogens with zero attached hydrogens (tertiary/aromatic N) is 2. The number of aromatic nitrogens is 1. The number of aliphatic hydroxyl groups is 1.